The van der Waals surface area contributed by atoms with Gasteiger partial charge in [-0.1, -0.05) is 39.8 Å². The van der Waals surface area contributed by atoms with Crippen molar-refractivity contribution in [3.8, 4) is 0 Å². The van der Waals surface area contributed by atoms with Gasteiger partial charge in [0.05, 0.1) is 0 Å². The van der Waals surface area contributed by atoms with Gasteiger partial charge in [-0.15, -0.1) is 0 Å². The van der Waals surface area contributed by atoms with E-state index in [0.717, 1.165) is 12.1 Å². The number of urea groups is 1. The van der Waals surface area contributed by atoms with Crippen molar-refractivity contribution in [3.05, 3.63) is 29.8 Å². The number of carbonyl (C=O) groups excluding carboxylic acids is 1. The average molecular weight is 248 g/mol. The Morgan fingerprint density at radius 1 is 1.33 bits per heavy atom. The molecule has 0 saturated heterocycles. The highest BCUT2D eigenvalue weighted by atomic mass is 16.2. The minimum atomic E-state index is -0.148. The molecule has 0 aliphatic heterocycles. The third-order valence-corrected chi connectivity index (χ3v) is 3.24. The van der Waals surface area contributed by atoms with Gasteiger partial charge in [0.1, 0.15) is 0 Å². The van der Waals surface area contributed by atoms with Gasteiger partial charge in [0.15, 0.2) is 0 Å². The van der Waals surface area contributed by atoms with Gasteiger partial charge < -0.3 is 10.6 Å². The molecule has 0 bridgehead atoms. The molecule has 2 amide bonds. The molecular formula is C15H24N2O. The Kier molecular flexibility index (Phi) is 4.76. The smallest absolute Gasteiger partial charge is 0.319 e. The molecule has 0 spiro atoms. The predicted octanol–water partition coefficient (Wildman–Crippen LogP) is 3.81. The van der Waals surface area contributed by atoms with Crippen LogP contribution >= 0.6 is 0 Å². The van der Waals surface area contributed by atoms with Crippen molar-refractivity contribution in [1.82, 2.24) is 5.32 Å². The van der Waals surface area contributed by atoms with Crippen LogP contribution < -0.4 is 10.6 Å². The standard InChI is InChI=1S/C15H24N2O/c1-6-12-8-7-9-13(10-12)17-14(18)16-11(2)15(3,4)5/h7-11H,6H2,1-5H3,(H2,16,17,18). The largest absolute Gasteiger partial charge is 0.335 e. The second-order valence-electron chi connectivity index (χ2n) is 5.74. The second kappa shape index (κ2) is 5.89. The lowest BCUT2D eigenvalue weighted by Crippen LogP contribution is -2.43. The molecule has 0 aliphatic rings. The van der Waals surface area contributed by atoms with Crippen molar-refractivity contribution in [1.29, 1.82) is 0 Å². The Morgan fingerprint density at radius 3 is 2.56 bits per heavy atom. The van der Waals surface area contributed by atoms with Crippen molar-refractivity contribution in [3.63, 3.8) is 0 Å². The first-order chi connectivity index (χ1) is 8.32. The fourth-order valence-electron chi connectivity index (χ4n) is 1.45. The quantitative estimate of drug-likeness (QED) is 0.839. The fourth-order valence-corrected chi connectivity index (χ4v) is 1.45. The van der Waals surface area contributed by atoms with E-state index >= 15 is 0 Å². The number of rotatable bonds is 3. The summed E-state index contributed by atoms with van der Waals surface area (Å²) in [5, 5.41) is 5.83. The Morgan fingerprint density at radius 2 is 2.00 bits per heavy atom. The lowest BCUT2D eigenvalue weighted by molar-refractivity contribution is 0.233. The zero-order valence-electron chi connectivity index (χ0n) is 12.0. The average Bonchev–Trinajstić information content (AvgIpc) is 2.27. The van der Waals surface area contributed by atoms with Gasteiger partial charge in [0.25, 0.3) is 0 Å². The fraction of sp³-hybridized carbons (Fsp3) is 0.533. The number of benzene rings is 1. The molecule has 0 heterocycles. The number of aryl methyl sites for hydroxylation is 1. The van der Waals surface area contributed by atoms with Crippen LogP contribution in [0.1, 0.15) is 40.2 Å². The Balaban J connectivity index is 2.59. The van der Waals surface area contributed by atoms with Crippen LogP contribution in [0.2, 0.25) is 0 Å². The summed E-state index contributed by atoms with van der Waals surface area (Å²) in [6.07, 6.45) is 0.968. The van der Waals surface area contributed by atoms with Crippen LogP contribution in [0, 0.1) is 5.41 Å². The summed E-state index contributed by atoms with van der Waals surface area (Å²) < 4.78 is 0. The van der Waals surface area contributed by atoms with E-state index in [1.807, 2.05) is 25.1 Å². The summed E-state index contributed by atoms with van der Waals surface area (Å²) in [5.41, 5.74) is 2.12. The Bertz CT molecular complexity index is 407. The van der Waals surface area contributed by atoms with E-state index in [2.05, 4.69) is 44.4 Å². The van der Waals surface area contributed by atoms with E-state index < -0.39 is 0 Å². The summed E-state index contributed by atoms with van der Waals surface area (Å²) in [6.45, 7) is 10.4. The summed E-state index contributed by atoms with van der Waals surface area (Å²) in [7, 11) is 0. The zero-order valence-corrected chi connectivity index (χ0v) is 12.0. The molecular weight excluding hydrogens is 224 g/mol. The maximum atomic E-state index is 11.8. The molecule has 0 saturated carbocycles. The van der Waals surface area contributed by atoms with Crippen molar-refractivity contribution < 1.29 is 4.79 Å². The van der Waals surface area contributed by atoms with Gasteiger partial charge in [-0.25, -0.2) is 4.79 Å². The maximum absolute atomic E-state index is 11.8. The van der Waals surface area contributed by atoms with Crippen LogP contribution in [0.15, 0.2) is 24.3 Å². The molecule has 0 radical (unpaired) electrons. The molecule has 100 valence electrons. The van der Waals surface area contributed by atoms with Crippen LogP contribution in [0.25, 0.3) is 0 Å². The Labute approximate surface area is 110 Å². The van der Waals surface area contributed by atoms with Crippen LogP contribution in [-0.2, 0) is 6.42 Å². The van der Waals surface area contributed by atoms with E-state index in [1.165, 1.54) is 5.56 Å². The van der Waals surface area contributed by atoms with E-state index in [-0.39, 0.29) is 17.5 Å². The minimum absolute atomic E-state index is 0.0581. The number of hydrogen-bond donors (Lipinski definition) is 2. The number of carbonyl (C=O) groups is 1. The van der Waals surface area contributed by atoms with Crippen molar-refractivity contribution in [2.75, 3.05) is 5.32 Å². The molecule has 18 heavy (non-hydrogen) atoms. The number of nitrogens with one attached hydrogen (secondary N) is 2. The molecule has 3 heteroatoms. The van der Waals surface area contributed by atoms with E-state index in [9.17, 15) is 4.79 Å². The van der Waals surface area contributed by atoms with E-state index in [0.29, 0.717) is 0 Å². The highest BCUT2D eigenvalue weighted by molar-refractivity contribution is 5.89. The molecule has 1 unspecified atom stereocenters. The van der Waals surface area contributed by atoms with Gasteiger partial charge >= 0.3 is 6.03 Å². The van der Waals surface area contributed by atoms with Crippen molar-refractivity contribution >= 4 is 11.7 Å². The minimum Gasteiger partial charge on any atom is -0.335 e. The zero-order chi connectivity index (χ0) is 13.8. The van der Waals surface area contributed by atoms with Crippen LogP contribution in [0.5, 0.6) is 0 Å². The SMILES string of the molecule is CCc1cccc(NC(=O)NC(C)C(C)(C)C)c1. The van der Waals surface area contributed by atoms with Gasteiger partial charge in [-0.05, 0) is 36.5 Å². The van der Waals surface area contributed by atoms with Gasteiger partial charge in [-0.2, -0.15) is 0 Å². The molecule has 2 N–H and O–H groups in total. The molecule has 3 nitrogen and oxygen atoms in total. The van der Waals surface area contributed by atoms with Crippen LogP contribution in [0.4, 0.5) is 10.5 Å². The van der Waals surface area contributed by atoms with Crippen LogP contribution in [-0.4, -0.2) is 12.1 Å². The van der Waals surface area contributed by atoms with Gasteiger partial charge in [0.2, 0.25) is 0 Å². The summed E-state index contributed by atoms with van der Waals surface area (Å²) >= 11 is 0. The van der Waals surface area contributed by atoms with Crippen molar-refractivity contribution in [2.45, 2.75) is 47.1 Å². The molecule has 0 fully saturated rings. The van der Waals surface area contributed by atoms with Gasteiger partial charge in [-0.3, -0.25) is 0 Å². The maximum Gasteiger partial charge on any atom is 0.319 e. The molecule has 0 aromatic heterocycles. The molecule has 0 aliphatic carbocycles. The Hall–Kier alpha value is -1.51. The number of amides is 2. The predicted molar refractivity (Wildman–Crippen MR) is 76.9 cm³/mol. The lowest BCUT2D eigenvalue weighted by Gasteiger charge is -2.28. The second-order valence-corrected chi connectivity index (χ2v) is 5.74. The normalized spacial score (nSPS) is 12.9. The van der Waals surface area contributed by atoms with Crippen LogP contribution in [0.3, 0.4) is 0 Å². The topological polar surface area (TPSA) is 41.1 Å². The molecule has 1 atom stereocenters. The molecule has 1 rings (SSSR count). The number of anilines is 1. The van der Waals surface area contributed by atoms with E-state index in [1.54, 1.807) is 0 Å². The number of hydrogen-bond acceptors (Lipinski definition) is 1. The van der Waals surface area contributed by atoms with E-state index in [4.69, 9.17) is 0 Å². The first kappa shape index (κ1) is 14.6. The highest BCUT2D eigenvalue weighted by Crippen LogP contribution is 2.18. The highest BCUT2D eigenvalue weighted by Gasteiger charge is 2.21. The first-order valence-corrected chi connectivity index (χ1v) is 6.49. The third kappa shape index (κ3) is 4.40. The molecule has 1 aromatic rings. The molecule has 1 aromatic carbocycles. The monoisotopic (exact) mass is 248 g/mol. The summed E-state index contributed by atoms with van der Waals surface area (Å²) in [5.74, 6) is 0. The first-order valence-electron chi connectivity index (χ1n) is 6.49. The summed E-state index contributed by atoms with van der Waals surface area (Å²) in [6, 6.07) is 7.89. The summed E-state index contributed by atoms with van der Waals surface area (Å²) in [4.78, 5) is 11.8. The lowest BCUT2D eigenvalue weighted by atomic mass is 9.88. The van der Waals surface area contributed by atoms with Gasteiger partial charge in [0, 0.05) is 11.7 Å². The van der Waals surface area contributed by atoms with Crippen molar-refractivity contribution in [2.24, 2.45) is 5.41 Å². The third-order valence-electron chi connectivity index (χ3n) is 3.24.